The smallest absolute Gasteiger partial charge is 0.257 e. The van der Waals surface area contributed by atoms with E-state index < -0.39 is 0 Å². The van der Waals surface area contributed by atoms with Gasteiger partial charge in [-0.2, -0.15) is 10.1 Å². The summed E-state index contributed by atoms with van der Waals surface area (Å²) in [4.78, 5) is 21.7. The van der Waals surface area contributed by atoms with E-state index in [2.05, 4.69) is 20.1 Å². The Hall–Kier alpha value is -3.49. The number of carbonyl (C=O) groups excluding carboxylic acids is 1. The zero-order valence-electron chi connectivity index (χ0n) is 18.2. The number of piperazine rings is 1. The number of halogens is 1. The minimum absolute atomic E-state index is 0.0112. The summed E-state index contributed by atoms with van der Waals surface area (Å²) in [5.41, 5.74) is 3.28. The van der Waals surface area contributed by atoms with Crippen molar-refractivity contribution in [3.05, 3.63) is 83.0 Å². The van der Waals surface area contributed by atoms with Crippen molar-refractivity contribution in [3.8, 4) is 17.1 Å². The minimum Gasteiger partial charge on any atom is -0.338 e. The number of amides is 1. The largest absolute Gasteiger partial charge is 0.338 e. The van der Waals surface area contributed by atoms with Crippen molar-refractivity contribution < 1.29 is 9.32 Å². The number of hydrogen-bond donors (Lipinski definition) is 0. The molecule has 1 amide bonds. The maximum absolute atomic E-state index is 13.1. The summed E-state index contributed by atoms with van der Waals surface area (Å²) in [6.07, 6.45) is 1.66. The van der Waals surface area contributed by atoms with Crippen LogP contribution in [0, 0.1) is 6.92 Å². The van der Waals surface area contributed by atoms with Crippen molar-refractivity contribution in [2.45, 2.75) is 13.5 Å². The van der Waals surface area contributed by atoms with Gasteiger partial charge in [-0.25, -0.2) is 4.68 Å². The van der Waals surface area contributed by atoms with Crippen molar-refractivity contribution in [1.29, 1.82) is 0 Å². The first kappa shape index (κ1) is 21.4. The van der Waals surface area contributed by atoms with Gasteiger partial charge in [0.1, 0.15) is 0 Å². The first-order valence-electron chi connectivity index (χ1n) is 10.8. The number of carbonyl (C=O) groups is 1. The Balaban J connectivity index is 1.19. The molecule has 1 saturated heterocycles. The van der Waals surface area contributed by atoms with Crippen LogP contribution < -0.4 is 0 Å². The van der Waals surface area contributed by atoms with Crippen LogP contribution in [0.15, 0.2) is 65.3 Å². The number of benzene rings is 2. The normalized spacial score (nSPS) is 14.5. The zero-order valence-corrected chi connectivity index (χ0v) is 18.9. The molecule has 2 aromatic carbocycles. The van der Waals surface area contributed by atoms with Crippen LogP contribution in [-0.4, -0.2) is 61.8 Å². The minimum atomic E-state index is 0.0112. The Morgan fingerprint density at radius 2 is 1.76 bits per heavy atom. The lowest BCUT2D eigenvalue weighted by atomic mass is 10.2. The lowest BCUT2D eigenvalue weighted by Gasteiger charge is -2.33. The van der Waals surface area contributed by atoms with Gasteiger partial charge in [-0.15, -0.1) is 0 Å². The van der Waals surface area contributed by atoms with E-state index in [0.717, 1.165) is 30.0 Å². The summed E-state index contributed by atoms with van der Waals surface area (Å²) in [5, 5.41) is 9.16. The van der Waals surface area contributed by atoms with Gasteiger partial charge < -0.3 is 9.42 Å². The third-order valence-electron chi connectivity index (χ3n) is 5.83. The van der Waals surface area contributed by atoms with Crippen LogP contribution in [-0.2, 0) is 6.54 Å². The number of hydrogen-bond acceptors (Lipinski definition) is 6. The quantitative estimate of drug-likeness (QED) is 0.448. The first-order chi connectivity index (χ1) is 16.1. The van der Waals surface area contributed by atoms with E-state index in [4.69, 9.17) is 16.1 Å². The second-order valence-corrected chi connectivity index (χ2v) is 8.41. The van der Waals surface area contributed by atoms with Crippen molar-refractivity contribution in [2.75, 3.05) is 26.2 Å². The molecule has 1 aliphatic heterocycles. The number of aromatic nitrogens is 4. The molecule has 8 nitrogen and oxygen atoms in total. The topological polar surface area (TPSA) is 80.3 Å². The van der Waals surface area contributed by atoms with Crippen molar-refractivity contribution in [2.24, 2.45) is 0 Å². The van der Waals surface area contributed by atoms with Gasteiger partial charge in [0.25, 0.3) is 5.91 Å². The average Bonchev–Trinajstić information content (AvgIpc) is 3.47. The van der Waals surface area contributed by atoms with E-state index in [0.29, 0.717) is 41.9 Å². The molecule has 0 N–H and O–H groups in total. The Morgan fingerprint density at radius 1 is 1.03 bits per heavy atom. The Labute approximate surface area is 196 Å². The lowest BCUT2D eigenvalue weighted by molar-refractivity contribution is 0.0614. The highest BCUT2D eigenvalue weighted by molar-refractivity contribution is 6.30. The molecule has 0 atom stereocenters. The fraction of sp³-hybridized carbons (Fsp3) is 0.250. The van der Waals surface area contributed by atoms with Crippen LogP contribution in [0.2, 0.25) is 5.02 Å². The van der Waals surface area contributed by atoms with Gasteiger partial charge in [0, 0.05) is 36.8 Å². The molecule has 5 rings (SSSR count). The van der Waals surface area contributed by atoms with Crippen LogP contribution in [0.5, 0.6) is 0 Å². The zero-order chi connectivity index (χ0) is 22.8. The average molecular weight is 463 g/mol. The summed E-state index contributed by atoms with van der Waals surface area (Å²) in [7, 11) is 0. The number of nitrogens with zero attached hydrogens (tertiary/aromatic N) is 6. The molecule has 3 heterocycles. The van der Waals surface area contributed by atoms with Crippen molar-refractivity contribution in [1.82, 2.24) is 29.7 Å². The maximum atomic E-state index is 13.1. The van der Waals surface area contributed by atoms with E-state index in [1.54, 1.807) is 23.0 Å². The molecule has 0 saturated carbocycles. The van der Waals surface area contributed by atoms with Gasteiger partial charge >= 0.3 is 0 Å². The molecule has 1 fully saturated rings. The lowest BCUT2D eigenvalue weighted by Crippen LogP contribution is -2.48. The molecule has 2 aromatic heterocycles. The van der Waals surface area contributed by atoms with Crippen LogP contribution in [0.4, 0.5) is 0 Å². The van der Waals surface area contributed by atoms with Crippen LogP contribution in [0.3, 0.4) is 0 Å². The fourth-order valence-corrected chi connectivity index (χ4v) is 4.08. The third-order valence-corrected chi connectivity index (χ3v) is 6.08. The molecule has 0 radical (unpaired) electrons. The monoisotopic (exact) mass is 462 g/mol. The standard InChI is InChI=1S/C24H23ClN6O2/c1-17-21(15-26-31(17)20-5-3-2-4-6-20)24(32)30-13-11-29(12-14-30)16-22-27-23(28-33-22)18-7-9-19(25)10-8-18/h2-10,15H,11-14,16H2,1H3. The molecule has 0 aliphatic carbocycles. The molecular weight excluding hydrogens is 440 g/mol. The summed E-state index contributed by atoms with van der Waals surface area (Å²) in [6, 6.07) is 17.2. The maximum Gasteiger partial charge on any atom is 0.257 e. The predicted octanol–water partition coefficient (Wildman–Crippen LogP) is 3.84. The Morgan fingerprint density at radius 3 is 2.48 bits per heavy atom. The van der Waals surface area contributed by atoms with E-state index in [9.17, 15) is 4.79 Å². The van der Waals surface area contributed by atoms with Gasteiger partial charge in [0.05, 0.1) is 29.7 Å². The highest BCUT2D eigenvalue weighted by Gasteiger charge is 2.26. The number of para-hydroxylation sites is 1. The molecule has 0 unspecified atom stereocenters. The van der Waals surface area contributed by atoms with E-state index in [1.807, 2.05) is 54.3 Å². The van der Waals surface area contributed by atoms with Gasteiger partial charge in [0.15, 0.2) is 0 Å². The molecule has 1 aliphatic rings. The summed E-state index contributed by atoms with van der Waals surface area (Å²) in [6.45, 7) is 5.21. The number of rotatable bonds is 5. The molecule has 33 heavy (non-hydrogen) atoms. The Bertz CT molecular complexity index is 1240. The SMILES string of the molecule is Cc1c(C(=O)N2CCN(Cc3nc(-c4ccc(Cl)cc4)no3)CC2)cnn1-c1ccccc1. The van der Waals surface area contributed by atoms with Gasteiger partial charge in [-0.05, 0) is 43.3 Å². The van der Waals surface area contributed by atoms with Gasteiger partial charge in [0.2, 0.25) is 11.7 Å². The highest BCUT2D eigenvalue weighted by Crippen LogP contribution is 2.20. The van der Waals surface area contributed by atoms with Crippen LogP contribution in [0.25, 0.3) is 17.1 Å². The molecule has 0 spiro atoms. The van der Waals surface area contributed by atoms with Gasteiger partial charge in [-0.3, -0.25) is 9.69 Å². The van der Waals surface area contributed by atoms with E-state index >= 15 is 0 Å². The van der Waals surface area contributed by atoms with Gasteiger partial charge in [-0.1, -0.05) is 35.0 Å². The second kappa shape index (κ2) is 9.17. The highest BCUT2D eigenvalue weighted by atomic mass is 35.5. The van der Waals surface area contributed by atoms with Crippen molar-refractivity contribution >= 4 is 17.5 Å². The molecular formula is C24H23ClN6O2. The fourth-order valence-electron chi connectivity index (χ4n) is 3.96. The van der Waals surface area contributed by atoms with Crippen molar-refractivity contribution in [3.63, 3.8) is 0 Å². The summed E-state index contributed by atoms with van der Waals surface area (Å²) >= 11 is 5.94. The summed E-state index contributed by atoms with van der Waals surface area (Å²) in [5.74, 6) is 1.11. The molecule has 9 heteroatoms. The molecule has 0 bridgehead atoms. The third kappa shape index (κ3) is 4.53. The van der Waals surface area contributed by atoms with Crippen LogP contribution in [0.1, 0.15) is 21.9 Å². The predicted molar refractivity (Wildman–Crippen MR) is 124 cm³/mol. The second-order valence-electron chi connectivity index (χ2n) is 7.98. The molecule has 168 valence electrons. The first-order valence-corrected chi connectivity index (χ1v) is 11.2. The molecule has 4 aromatic rings. The van der Waals surface area contributed by atoms with E-state index in [1.165, 1.54) is 0 Å². The van der Waals surface area contributed by atoms with E-state index in [-0.39, 0.29) is 5.91 Å². The van der Waals surface area contributed by atoms with Crippen LogP contribution >= 0.6 is 11.6 Å². The summed E-state index contributed by atoms with van der Waals surface area (Å²) < 4.78 is 7.23. The Kier molecular flexibility index (Phi) is 5.93.